The molecule has 2 N–H and O–H groups in total. The lowest BCUT2D eigenvalue weighted by Gasteiger charge is -2.32. The molecule has 0 aliphatic carbocycles. The van der Waals surface area contributed by atoms with Gasteiger partial charge in [-0.2, -0.15) is 13.2 Å². The van der Waals surface area contributed by atoms with E-state index in [1.54, 1.807) is 0 Å². The smallest absolute Gasteiger partial charge is 0.374 e. The van der Waals surface area contributed by atoms with Crippen molar-refractivity contribution in [1.82, 2.24) is 19.8 Å². The van der Waals surface area contributed by atoms with Gasteiger partial charge in [0.2, 0.25) is 5.60 Å². The van der Waals surface area contributed by atoms with Crippen molar-refractivity contribution >= 4 is 12.0 Å². The van der Waals surface area contributed by atoms with Crippen LogP contribution in [0.25, 0.3) is 6.08 Å². The Morgan fingerprint density at radius 1 is 1.22 bits per heavy atom. The molecule has 1 unspecified atom stereocenters. The Morgan fingerprint density at radius 2 is 1.91 bits per heavy atom. The van der Waals surface area contributed by atoms with Crippen molar-refractivity contribution in [3.8, 4) is 0 Å². The van der Waals surface area contributed by atoms with E-state index < -0.39 is 24.0 Å². The number of aliphatic hydroxyl groups is 1. The number of imidazole rings is 1. The molecule has 6 nitrogen and oxygen atoms in total. The third kappa shape index (κ3) is 5.51. The number of benzene rings is 1. The van der Waals surface area contributed by atoms with E-state index in [-0.39, 0.29) is 6.54 Å². The van der Waals surface area contributed by atoms with Crippen molar-refractivity contribution in [2.75, 3.05) is 26.2 Å². The van der Waals surface area contributed by atoms with Crippen LogP contribution in [-0.2, 0) is 12.6 Å². The summed E-state index contributed by atoms with van der Waals surface area (Å²) in [7, 11) is 1.43. The highest BCUT2D eigenvalue weighted by Crippen LogP contribution is 2.40. The summed E-state index contributed by atoms with van der Waals surface area (Å²) >= 11 is 0. The Labute approximate surface area is 186 Å². The molecule has 9 heteroatoms. The number of rotatable bonds is 6. The minimum absolute atomic E-state index is 0.186. The summed E-state index contributed by atoms with van der Waals surface area (Å²) in [6, 6.07) is 10.1. The molecule has 174 valence electrons. The van der Waals surface area contributed by atoms with Gasteiger partial charge in [-0.3, -0.25) is 4.99 Å². The summed E-state index contributed by atoms with van der Waals surface area (Å²) in [4.78, 5) is 10.2. The maximum atomic E-state index is 13.7. The molecule has 2 aromatic rings. The molecule has 1 fully saturated rings. The quantitative estimate of drug-likeness (QED) is 0.521. The zero-order valence-corrected chi connectivity index (χ0v) is 18.4. The topological polar surface area (TPSA) is 65.7 Å². The zero-order valence-electron chi connectivity index (χ0n) is 18.4. The van der Waals surface area contributed by atoms with E-state index in [2.05, 4.69) is 38.4 Å². The predicted octanol–water partition coefficient (Wildman–Crippen LogP) is 3.71. The number of hydrogen-bond donors (Lipinski definition) is 2. The second kappa shape index (κ2) is 10.2. The van der Waals surface area contributed by atoms with Crippen LogP contribution in [0.4, 0.5) is 13.2 Å². The van der Waals surface area contributed by atoms with Crippen LogP contribution in [-0.4, -0.2) is 57.9 Å². The third-order valence-electron chi connectivity index (χ3n) is 5.61. The molecule has 1 aliphatic heterocycles. The van der Waals surface area contributed by atoms with Crippen LogP contribution in [0, 0.1) is 0 Å². The number of hydrogen-bond acceptors (Lipinski definition) is 3. The first-order chi connectivity index (χ1) is 15.2. The molecular weight excluding hydrogens is 419 g/mol. The summed E-state index contributed by atoms with van der Waals surface area (Å²) in [5.41, 5.74) is -0.554. The van der Waals surface area contributed by atoms with Gasteiger partial charge in [-0.25, -0.2) is 4.98 Å². The third-order valence-corrected chi connectivity index (χ3v) is 5.61. The first kappa shape index (κ1) is 23.8. The van der Waals surface area contributed by atoms with Crippen LogP contribution in [0.1, 0.15) is 37.6 Å². The number of nitrogens with one attached hydrogen (secondary N) is 1. The highest BCUT2D eigenvalue weighted by molar-refractivity contribution is 5.80. The number of guanidine groups is 1. The molecular formula is C23H30F3N5O. The molecule has 0 radical (unpaired) electrons. The number of halogens is 3. The summed E-state index contributed by atoms with van der Waals surface area (Å²) in [5, 5.41) is 13.7. The molecule has 0 saturated carbocycles. The van der Waals surface area contributed by atoms with Crippen LogP contribution >= 0.6 is 0 Å². The summed E-state index contributed by atoms with van der Waals surface area (Å²) in [6.45, 7) is 3.79. The SMILES string of the molecule is CCNC(=NCCC(O)(c1nccn1C)C(F)(F)F)N1CCC(=Cc2ccccc2)CC1. The molecule has 1 atom stereocenters. The van der Waals surface area contributed by atoms with E-state index >= 15 is 0 Å². The van der Waals surface area contributed by atoms with Gasteiger partial charge in [0, 0.05) is 52.0 Å². The fourth-order valence-electron chi connectivity index (χ4n) is 3.83. The molecule has 1 aliphatic rings. The van der Waals surface area contributed by atoms with Gasteiger partial charge in [-0.1, -0.05) is 42.0 Å². The number of likely N-dealkylation sites (tertiary alicyclic amines) is 1. The van der Waals surface area contributed by atoms with Gasteiger partial charge in [0.05, 0.1) is 0 Å². The summed E-state index contributed by atoms with van der Waals surface area (Å²) in [5.74, 6) is 0.134. The summed E-state index contributed by atoms with van der Waals surface area (Å²) in [6.07, 6.45) is 1.07. The standard InChI is InChI=1S/C23H30F3N5O/c1-3-27-21(31-14-9-19(10-15-31)17-18-7-5-4-6-8-18)29-12-11-22(32,23(24,25)26)20-28-13-16-30(20)2/h4-8,13,16-17,32H,3,9-12,14-15H2,1-2H3,(H,27,29). The van der Waals surface area contributed by atoms with Gasteiger partial charge < -0.3 is 19.9 Å². The molecule has 2 heterocycles. The van der Waals surface area contributed by atoms with Crippen LogP contribution in [0.3, 0.4) is 0 Å². The number of aryl methyl sites for hydroxylation is 1. The molecule has 0 bridgehead atoms. The van der Waals surface area contributed by atoms with E-state index in [1.165, 1.54) is 29.6 Å². The normalized spacial score (nSPS) is 17.2. The van der Waals surface area contributed by atoms with Crippen molar-refractivity contribution in [1.29, 1.82) is 0 Å². The van der Waals surface area contributed by atoms with Gasteiger partial charge in [0.15, 0.2) is 5.96 Å². The van der Waals surface area contributed by atoms with Gasteiger partial charge >= 0.3 is 6.18 Å². The lowest BCUT2D eigenvalue weighted by Crippen LogP contribution is -2.46. The second-order valence-corrected chi connectivity index (χ2v) is 7.91. The van der Waals surface area contributed by atoms with Crippen molar-refractivity contribution in [3.05, 3.63) is 59.7 Å². The largest absolute Gasteiger partial charge is 0.424 e. The molecule has 0 amide bonds. The van der Waals surface area contributed by atoms with Gasteiger partial charge in [0.25, 0.3) is 0 Å². The van der Waals surface area contributed by atoms with Crippen LogP contribution in [0.5, 0.6) is 0 Å². The lowest BCUT2D eigenvalue weighted by molar-refractivity contribution is -0.272. The Hall–Kier alpha value is -2.81. The maximum Gasteiger partial charge on any atom is 0.424 e. The fourth-order valence-corrected chi connectivity index (χ4v) is 3.83. The minimum Gasteiger partial charge on any atom is -0.374 e. The maximum absolute atomic E-state index is 13.7. The van der Waals surface area contributed by atoms with Gasteiger partial charge in [0.1, 0.15) is 5.82 Å². The van der Waals surface area contributed by atoms with Crippen LogP contribution < -0.4 is 5.32 Å². The van der Waals surface area contributed by atoms with Crippen LogP contribution in [0.2, 0.25) is 0 Å². The van der Waals surface area contributed by atoms with E-state index in [1.807, 2.05) is 25.1 Å². The van der Waals surface area contributed by atoms with Gasteiger partial charge in [-0.05, 0) is 25.3 Å². The van der Waals surface area contributed by atoms with Gasteiger partial charge in [-0.15, -0.1) is 0 Å². The number of aromatic nitrogens is 2. The highest BCUT2D eigenvalue weighted by Gasteiger charge is 2.57. The highest BCUT2D eigenvalue weighted by atomic mass is 19.4. The molecule has 1 aromatic carbocycles. The first-order valence-electron chi connectivity index (χ1n) is 10.8. The van der Waals surface area contributed by atoms with E-state index in [9.17, 15) is 18.3 Å². The van der Waals surface area contributed by atoms with E-state index in [4.69, 9.17) is 0 Å². The zero-order chi connectivity index (χ0) is 23.2. The number of piperidine rings is 1. The van der Waals surface area contributed by atoms with Crippen molar-refractivity contribution < 1.29 is 18.3 Å². The van der Waals surface area contributed by atoms with Crippen LogP contribution in [0.15, 0.2) is 53.3 Å². The Kier molecular flexibility index (Phi) is 7.60. The molecule has 1 aromatic heterocycles. The number of alkyl halides is 3. The average Bonchev–Trinajstić information content (AvgIpc) is 3.20. The fraction of sp³-hybridized carbons (Fsp3) is 0.478. The average molecular weight is 450 g/mol. The van der Waals surface area contributed by atoms with Crippen molar-refractivity contribution in [2.45, 2.75) is 38.0 Å². The van der Waals surface area contributed by atoms with E-state index in [0.717, 1.165) is 31.5 Å². The van der Waals surface area contributed by atoms with E-state index in [0.29, 0.717) is 12.5 Å². The number of aliphatic imine (C=N–C) groups is 1. The summed E-state index contributed by atoms with van der Waals surface area (Å²) < 4.78 is 42.3. The monoisotopic (exact) mass is 449 g/mol. The Bertz CT molecular complexity index is 929. The number of nitrogens with zero attached hydrogens (tertiary/aromatic N) is 4. The Balaban J connectivity index is 1.67. The second-order valence-electron chi connectivity index (χ2n) is 7.91. The Morgan fingerprint density at radius 3 is 2.47 bits per heavy atom. The molecule has 32 heavy (non-hydrogen) atoms. The minimum atomic E-state index is -4.86. The lowest BCUT2D eigenvalue weighted by atomic mass is 9.98. The molecule has 0 spiro atoms. The van der Waals surface area contributed by atoms with Crippen molar-refractivity contribution in [2.24, 2.45) is 12.0 Å². The predicted molar refractivity (Wildman–Crippen MR) is 119 cm³/mol. The first-order valence-corrected chi connectivity index (χ1v) is 10.8. The molecule has 1 saturated heterocycles. The van der Waals surface area contributed by atoms with Crippen molar-refractivity contribution in [3.63, 3.8) is 0 Å². The molecule has 3 rings (SSSR count).